The summed E-state index contributed by atoms with van der Waals surface area (Å²) in [5.74, 6) is 0.748. The van der Waals surface area contributed by atoms with Crippen molar-refractivity contribution in [1.29, 1.82) is 0 Å². The van der Waals surface area contributed by atoms with E-state index >= 15 is 0 Å². The van der Waals surface area contributed by atoms with E-state index in [9.17, 15) is 5.11 Å². The molecule has 118 valence electrons. The Kier molecular flexibility index (Phi) is 6.99. The van der Waals surface area contributed by atoms with Gasteiger partial charge in [-0.25, -0.2) is 0 Å². The van der Waals surface area contributed by atoms with Gasteiger partial charge in [-0.05, 0) is 52.9 Å². The van der Waals surface area contributed by atoms with Gasteiger partial charge < -0.3 is 15.2 Å². The largest absolute Gasteiger partial charge is 0.389 e. The van der Waals surface area contributed by atoms with Gasteiger partial charge >= 0.3 is 0 Å². The quantitative estimate of drug-likeness (QED) is 0.707. The molecule has 0 spiro atoms. The monoisotopic (exact) mass is 419 g/mol. The maximum absolute atomic E-state index is 10.0. The minimum atomic E-state index is -0.488. The number of halogens is 2. The van der Waals surface area contributed by atoms with Crippen molar-refractivity contribution in [2.75, 3.05) is 18.5 Å². The molecular weight excluding hydrogens is 398 g/mol. The Morgan fingerprint density at radius 2 is 2.19 bits per heavy atom. The van der Waals surface area contributed by atoms with E-state index in [0.717, 1.165) is 33.4 Å². The summed E-state index contributed by atoms with van der Waals surface area (Å²) in [6.45, 7) is 3.17. The van der Waals surface area contributed by atoms with Crippen molar-refractivity contribution in [3.8, 4) is 0 Å². The molecular formula is C16H23Br2NO2. The predicted octanol–water partition coefficient (Wildman–Crippen LogP) is 4.58. The number of ether oxygens (including phenoxy) is 1. The van der Waals surface area contributed by atoms with Gasteiger partial charge in [0.1, 0.15) is 0 Å². The molecule has 1 aliphatic rings. The van der Waals surface area contributed by atoms with Gasteiger partial charge in [0.25, 0.3) is 0 Å². The standard InChI is InChI=1S/C16H23Br2NO2/c1-11-3-2-4-14(7-11)21-10-13(20)9-19-16-6-5-12(17)8-15(16)18/h5-6,8,11,13-14,19-20H,2-4,7,9-10H2,1H3. The van der Waals surface area contributed by atoms with E-state index in [0.29, 0.717) is 19.3 Å². The van der Waals surface area contributed by atoms with Crippen LogP contribution in [-0.4, -0.2) is 30.5 Å². The van der Waals surface area contributed by atoms with Gasteiger partial charge in [-0.3, -0.25) is 0 Å². The molecule has 2 N–H and O–H groups in total. The number of rotatable bonds is 6. The van der Waals surface area contributed by atoms with E-state index in [4.69, 9.17) is 4.74 Å². The molecule has 1 aromatic carbocycles. The van der Waals surface area contributed by atoms with Gasteiger partial charge in [-0.1, -0.05) is 35.7 Å². The summed E-state index contributed by atoms with van der Waals surface area (Å²) in [6.07, 6.45) is 4.63. The smallest absolute Gasteiger partial charge is 0.0945 e. The number of hydrogen-bond acceptors (Lipinski definition) is 3. The first-order chi connectivity index (χ1) is 10.0. The molecule has 21 heavy (non-hydrogen) atoms. The molecule has 5 heteroatoms. The van der Waals surface area contributed by atoms with Gasteiger partial charge in [0.05, 0.1) is 18.8 Å². The number of benzene rings is 1. The Labute approximate surface area is 143 Å². The highest BCUT2D eigenvalue weighted by atomic mass is 79.9. The molecule has 3 unspecified atom stereocenters. The summed E-state index contributed by atoms with van der Waals surface area (Å²) in [5, 5.41) is 13.3. The normalized spacial score (nSPS) is 23.8. The fourth-order valence-electron chi connectivity index (χ4n) is 2.70. The second kappa shape index (κ2) is 8.51. The summed E-state index contributed by atoms with van der Waals surface area (Å²) in [7, 11) is 0. The van der Waals surface area contributed by atoms with Crippen molar-refractivity contribution < 1.29 is 9.84 Å². The molecule has 0 amide bonds. The molecule has 1 saturated carbocycles. The number of hydrogen-bond donors (Lipinski definition) is 2. The topological polar surface area (TPSA) is 41.5 Å². The molecule has 0 bridgehead atoms. The van der Waals surface area contributed by atoms with Crippen LogP contribution in [0, 0.1) is 5.92 Å². The highest BCUT2D eigenvalue weighted by molar-refractivity contribution is 9.11. The molecule has 0 aromatic heterocycles. The zero-order chi connectivity index (χ0) is 15.2. The van der Waals surface area contributed by atoms with Gasteiger partial charge in [0.2, 0.25) is 0 Å². The summed E-state index contributed by atoms with van der Waals surface area (Å²) < 4.78 is 7.84. The molecule has 0 radical (unpaired) electrons. The van der Waals surface area contributed by atoms with Gasteiger partial charge in [0, 0.05) is 21.2 Å². The van der Waals surface area contributed by atoms with Gasteiger partial charge in [-0.15, -0.1) is 0 Å². The fourth-order valence-corrected chi connectivity index (χ4v) is 3.88. The zero-order valence-electron chi connectivity index (χ0n) is 12.3. The first kappa shape index (κ1) is 17.3. The van der Waals surface area contributed by atoms with Gasteiger partial charge in [-0.2, -0.15) is 0 Å². The molecule has 0 aliphatic heterocycles. The lowest BCUT2D eigenvalue weighted by atomic mass is 9.89. The van der Waals surface area contributed by atoms with E-state index in [-0.39, 0.29) is 0 Å². The molecule has 1 aromatic rings. The Hall–Kier alpha value is -0.100. The Morgan fingerprint density at radius 3 is 2.90 bits per heavy atom. The molecule has 1 fully saturated rings. The van der Waals surface area contributed by atoms with E-state index in [1.165, 1.54) is 12.8 Å². The first-order valence-corrected chi connectivity index (χ1v) is 9.11. The van der Waals surface area contributed by atoms with Crippen LogP contribution in [0.1, 0.15) is 32.6 Å². The van der Waals surface area contributed by atoms with Crippen LogP contribution >= 0.6 is 31.9 Å². The minimum absolute atomic E-state index is 0.322. The predicted molar refractivity (Wildman–Crippen MR) is 93.7 cm³/mol. The molecule has 0 saturated heterocycles. The van der Waals surface area contributed by atoms with Crippen LogP contribution in [0.3, 0.4) is 0 Å². The van der Waals surface area contributed by atoms with Crippen LogP contribution in [-0.2, 0) is 4.74 Å². The summed E-state index contributed by atoms with van der Waals surface area (Å²) >= 11 is 6.92. The summed E-state index contributed by atoms with van der Waals surface area (Å²) in [4.78, 5) is 0. The Balaban J connectivity index is 1.70. The molecule has 2 rings (SSSR count). The van der Waals surface area contributed by atoms with Crippen molar-refractivity contribution in [2.45, 2.75) is 44.8 Å². The van der Waals surface area contributed by atoms with Crippen molar-refractivity contribution >= 4 is 37.5 Å². The SMILES string of the molecule is CC1CCCC(OCC(O)CNc2ccc(Br)cc2Br)C1. The maximum Gasteiger partial charge on any atom is 0.0945 e. The molecule has 3 nitrogen and oxygen atoms in total. The van der Waals surface area contributed by atoms with E-state index in [1.54, 1.807) is 0 Å². The number of aliphatic hydroxyl groups excluding tert-OH is 1. The van der Waals surface area contributed by atoms with Crippen LogP contribution in [0.2, 0.25) is 0 Å². The highest BCUT2D eigenvalue weighted by Gasteiger charge is 2.20. The van der Waals surface area contributed by atoms with Crippen LogP contribution in [0.4, 0.5) is 5.69 Å². The Morgan fingerprint density at radius 1 is 1.38 bits per heavy atom. The van der Waals surface area contributed by atoms with Crippen LogP contribution < -0.4 is 5.32 Å². The first-order valence-electron chi connectivity index (χ1n) is 7.53. The molecule has 3 atom stereocenters. The summed E-state index contributed by atoms with van der Waals surface area (Å²) in [5.41, 5.74) is 0.975. The maximum atomic E-state index is 10.0. The highest BCUT2D eigenvalue weighted by Crippen LogP contribution is 2.27. The minimum Gasteiger partial charge on any atom is -0.389 e. The lowest BCUT2D eigenvalue weighted by Gasteiger charge is -2.27. The average Bonchev–Trinajstić information content (AvgIpc) is 2.44. The second-order valence-corrected chi connectivity index (χ2v) is 7.66. The Bertz CT molecular complexity index is 456. The average molecular weight is 421 g/mol. The van der Waals surface area contributed by atoms with E-state index < -0.39 is 6.10 Å². The van der Waals surface area contributed by atoms with E-state index in [1.807, 2.05) is 18.2 Å². The fraction of sp³-hybridized carbons (Fsp3) is 0.625. The van der Waals surface area contributed by atoms with Crippen LogP contribution in [0.15, 0.2) is 27.1 Å². The second-order valence-electron chi connectivity index (χ2n) is 5.89. The van der Waals surface area contributed by atoms with Crippen molar-refractivity contribution in [2.24, 2.45) is 5.92 Å². The number of nitrogens with one attached hydrogen (secondary N) is 1. The summed E-state index contributed by atoms with van der Waals surface area (Å²) in [6, 6.07) is 5.93. The third-order valence-electron chi connectivity index (χ3n) is 3.87. The molecule has 0 heterocycles. The lowest BCUT2D eigenvalue weighted by Crippen LogP contribution is -2.30. The van der Waals surface area contributed by atoms with Crippen molar-refractivity contribution in [1.82, 2.24) is 0 Å². The third kappa shape index (κ3) is 5.89. The number of aliphatic hydroxyl groups is 1. The lowest BCUT2D eigenvalue weighted by molar-refractivity contribution is -0.0274. The van der Waals surface area contributed by atoms with E-state index in [2.05, 4.69) is 44.1 Å². The van der Waals surface area contributed by atoms with Crippen LogP contribution in [0.5, 0.6) is 0 Å². The van der Waals surface area contributed by atoms with Crippen molar-refractivity contribution in [3.05, 3.63) is 27.1 Å². The molecule has 1 aliphatic carbocycles. The van der Waals surface area contributed by atoms with Gasteiger partial charge in [0.15, 0.2) is 0 Å². The number of anilines is 1. The van der Waals surface area contributed by atoms with Crippen LogP contribution in [0.25, 0.3) is 0 Å². The van der Waals surface area contributed by atoms with Crippen molar-refractivity contribution in [3.63, 3.8) is 0 Å². The zero-order valence-corrected chi connectivity index (χ0v) is 15.5. The third-order valence-corrected chi connectivity index (χ3v) is 5.02.